The number of aromatic nitrogens is 1. The fourth-order valence-electron chi connectivity index (χ4n) is 0.579. The van der Waals surface area contributed by atoms with E-state index in [1.54, 1.807) is 0 Å². The summed E-state index contributed by atoms with van der Waals surface area (Å²) < 4.78 is 0.728. The lowest BCUT2D eigenvalue weighted by atomic mass is 10.4. The van der Waals surface area contributed by atoms with Crippen molar-refractivity contribution in [3.63, 3.8) is 0 Å². The van der Waals surface area contributed by atoms with Gasteiger partial charge in [-0.05, 0) is 0 Å². The van der Waals surface area contributed by atoms with Crippen LogP contribution < -0.4 is 0 Å². The zero-order chi connectivity index (χ0) is 7.56. The van der Waals surface area contributed by atoms with E-state index in [-0.39, 0.29) is 0 Å². The first-order chi connectivity index (χ1) is 4.77. The zero-order valence-electron chi connectivity index (χ0n) is 4.97. The van der Waals surface area contributed by atoms with Gasteiger partial charge in [0.2, 0.25) is 0 Å². The largest absolute Gasteiger partial charge is 0.233 e. The number of alkyl halides is 2. The summed E-state index contributed by atoms with van der Waals surface area (Å²) in [6, 6.07) is 0. The van der Waals surface area contributed by atoms with Crippen LogP contribution in [0.1, 0.15) is 10.6 Å². The summed E-state index contributed by atoms with van der Waals surface area (Å²) in [4.78, 5) is 5.08. The maximum atomic E-state index is 5.60. The van der Waals surface area contributed by atoms with E-state index in [0.29, 0.717) is 11.8 Å². The molecule has 0 aliphatic heterocycles. The Morgan fingerprint density at radius 2 is 2.10 bits per heavy atom. The van der Waals surface area contributed by atoms with Gasteiger partial charge in [0.1, 0.15) is 4.34 Å². The summed E-state index contributed by atoms with van der Waals surface area (Å²) in [5, 5.41) is 0. The number of nitrogens with zero attached hydrogens (tertiary/aromatic N) is 1. The molecular weight excluding hydrogens is 209 g/mol. The highest BCUT2D eigenvalue weighted by molar-refractivity contribution is 7.82. The number of thiol groups is 1. The smallest absolute Gasteiger partial charge is 0.147 e. The first-order valence-corrected chi connectivity index (χ1v) is 4.90. The molecule has 0 spiro atoms. The number of hydrogen-bond acceptors (Lipinski definition) is 3. The van der Waals surface area contributed by atoms with Gasteiger partial charge in [-0.3, -0.25) is 0 Å². The molecule has 0 aromatic carbocycles. The van der Waals surface area contributed by atoms with E-state index in [1.165, 1.54) is 11.3 Å². The molecule has 0 radical (unpaired) electrons. The van der Waals surface area contributed by atoms with E-state index in [4.69, 9.17) is 23.2 Å². The van der Waals surface area contributed by atoms with Gasteiger partial charge in [-0.15, -0.1) is 47.2 Å². The van der Waals surface area contributed by atoms with E-state index in [0.717, 1.165) is 14.9 Å². The van der Waals surface area contributed by atoms with E-state index in [1.807, 2.05) is 0 Å². The minimum Gasteiger partial charge on any atom is -0.233 e. The highest BCUT2D eigenvalue weighted by Crippen LogP contribution is 2.23. The summed E-state index contributed by atoms with van der Waals surface area (Å²) >= 11 is 16.7. The van der Waals surface area contributed by atoms with Crippen molar-refractivity contribution in [2.24, 2.45) is 0 Å². The van der Waals surface area contributed by atoms with Crippen LogP contribution in [0, 0.1) is 0 Å². The summed E-state index contributed by atoms with van der Waals surface area (Å²) in [6.07, 6.45) is 0. The Labute approximate surface area is 78.8 Å². The lowest BCUT2D eigenvalue weighted by Crippen LogP contribution is -1.81. The van der Waals surface area contributed by atoms with Crippen LogP contribution in [0.4, 0.5) is 0 Å². The van der Waals surface area contributed by atoms with Crippen molar-refractivity contribution >= 4 is 47.2 Å². The van der Waals surface area contributed by atoms with E-state index >= 15 is 0 Å². The number of rotatable bonds is 2. The molecule has 0 fully saturated rings. The minimum atomic E-state index is 0.416. The molecule has 0 bridgehead atoms. The Balaban J connectivity index is 2.96. The van der Waals surface area contributed by atoms with Gasteiger partial charge in [-0.1, -0.05) is 0 Å². The topological polar surface area (TPSA) is 12.9 Å². The van der Waals surface area contributed by atoms with Gasteiger partial charge in [0.05, 0.1) is 17.5 Å². The second-order valence-electron chi connectivity index (χ2n) is 1.63. The van der Waals surface area contributed by atoms with Gasteiger partial charge in [-0.25, -0.2) is 4.98 Å². The molecule has 5 heteroatoms. The second kappa shape index (κ2) is 3.81. The molecule has 10 heavy (non-hydrogen) atoms. The summed E-state index contributed by atoms with van der Waals surface area (Å²) in [7, 11) is 0. The molecule has 0 aliphatic carbocycles. The van der Waals surface area contributed by atoms with Crippen LogP contribution in [0.3, 0.4) is 0 Å². The molecule has 0 atom stereocenters. The molecule has 1 aromatic rings. The first kappa shape index (κ1) is 8.65. The van der Waals surface area contributed by atoms with Crippen LogP contribution in [0.5, 0.6) is 0 Å². The van der Waals surface area contributed by atoms with Crippen LogP contribution in [-0.4, -0.2) is 4.98 Å². The molecule has 0 saturated heterocycles. The Kier molecular flexibility index (Phi) is 3.30. The Hall–Kier alpha value is 0.560. The third-order valence-corrected chi connectivity index (χ3v) is 2.97. The quantitative estimate of drug-likeness (QED) is 0.590. The second-order valence-corrected chi connectivity index (χ2v) is 3.98. The van der Waals surface area contributed by atoms with Crippen molar-refractivity contribution < 1.29 is 0 Å². The van der Waals surface area contributed by atoms with E-state index < -0.39 is 0 Å². The molecule has 1 nitrogen and oxygen atoms in total. The lowest BCUT2D eigenvalue weighted by molar-refractivity contribution is 1.12. The van der Waals surface area contributed by atoms with Gasteiger partial charge in [0.15, 0.2) is 0 Å². The van der Waals surface area contributed by atoms with Crippen molar-refractivity contribution in [3.05, 3.63) is 10.6 Å². The van der Waals surface area contributed by atoms with Gasteiger partial charge in [-0.2, -0.15) is 0 Å². The SMILES string of the molecule is Sc1nc(CCl)c(CCl)s1. The summed E-state index contributed by atoms with van der Waals surface area (Å²) in [6.45, 7) is 0. The third-order valence-electron chi connectivity index (χ3n) is 1.01. The van der Waals surface area contributed by atoms with Gasteiger partial charge < -0.3 is 0 Å². The van der Waals surface area contributed by atoms with E-state index in [9.17, 15) is 0 Å². The predicted octanol–water partition coefficient (Wildman–Crippen LogP) is 2.91. The van der Waals surface area contributed by atoms with Crippen molar-refractivity contribution in [1.82, 2.24) is 4.98 Å². The zero-order valence-corrected chi connectivity index (χ0v) is 8.20. The van der Waals surface area contributed by atoms with Gasteiger partial charge in [0, 0.05) is 4.88 Å². The number of thiazole rings is 1. The van der Waals surface area contributed by atoms with E-state index in [2.05, 4.69) is 17.6 Å². The van der Waals surface area contributed by atoms with Crippen molar-refractivity contribution in [2.45, 2.75) is 16.1 Å². The highest BCUT2D eigenvalue weighted by atomic mass is 35.5. The average molecular weight is 214 g/mol. The maximum absolute atomic E-state index is 5.60. The number of hydrogen-bond donors (Lipinski definition) is 1. The highest BCUT2D eigenvalue weighted by Gasteiger charge is 2.05. The maximum Gasteiger partial charge on any atom is 0.147 e. The Morgan fingerprint density at radius 1 is 1.40 bits per heavy atom. The molecule has 0 amide bonds. The van der Waals surface area contributed by atoms with Crippen molar-refractivity contribution in [2.75, 3.05) is 0 Å². The Bertz CT molecular complexity index is 202. The average Bonchev–Trinajstić information content (AvgIpc) is 2.30. The van der Waals surface area contributed by atoms with Crippen LogP contribution in [-0.2, 0) is 11.8 Å². The van der Waals surface area contributed by atoms with Gasteiger partial charge in [0.25, 0.3) is 0 Å². The monoisotopic (exact) mass is 213 g/mol. The molecule has 0 unspecified atom stereocenters. The van der Waals surface area contributed by atoms with Crippen molar-refractivity contribution in [3.8, 4) is 0 Å². The number of halogens is 2. The fraction of sp³-hybridized carbons (Fsp3) is 0.400. The molecule has 1 heterocycles. The lowest BCUT2D eigenvalue weighted by Gasteiger charge is -1.88. The normalized spacial score (nSPS) is 10.3. The van der Waals surface area contributed by atoms with Crippen LogP contribution in [0.25, 0.3) is 0 Å². The molecule has 1 aromatic heterocycles. The van der Waals surface area contributed by atoms with Gasteiger partial charge >= 0.3 is 0 Å². The molecule has 56 valence electrons. The molecule has 0 aliphatic rings. The standard InChI is InChI=1S/C5H5Cl2NS2/c6-1-3-4(2-7)10-5(9)8-3/h1-2H2,(H,8,9). The molecule has 1 rings (SSSR count). The molecule has 0 N–H and O–H groups in total. The first-order valence-electron chi connectivity index (χ1n) is 2.57. The third kappa shape index (κ3) is 1.78. The summed E-state index contributed by atoms with van der Waals surface area (Å²) in [5.41, 5.74) is 0.853. The summed E-state index contributed by atoms with van der Waals surface area (Å²) in [5.74, 6) is 0.888. The van der Waals surface area contributed by atoms with Crippen LogP contribution >= 0.6 is 47.2 Å². The minimum absolute atomic E-state index is 0.416. The fourth-order valence-corrected chi connectivity index (χ4v) is 2.31. The van der Waals surface area contributed by atoms with Crippen LogP contribution in [0.15, 0.2) is 4.34 Å². The van der Waals surface area contributed by atoms with Crippen molar-refractivity contribution in [1.29, 1.82) is 0 Å². The molecule has 0 saturated carbocycles. The molecular formula is C5H5Cl2NS2. The predicted molar refractivity (Wildman–Crippen MR) is 48.5 cm³/mol. The van der Waals surface area contributed by atoms with Crippen LogP contribution in [0.2, 0.25) is 0 Å². The Morgan fingerprint density at radius 3 is 2.50 bits per heavy atom.